The van der Waals surface area contributed by atoms with Crippen LogP contribution in [-0.4, -0.2) is 47.4 Å². The summed E-state index contributed by atoms with van der Waals surface area (Å²) < 4.78 is 5.36. The van der Waals surface area contributed by atoms with E-state index in [0.29, 0.717) is 30.0 Å². The van der Waals surface area contributed by atoms with Crippen molar-refractivity contribution in [2.75, 3.05) is 18.6 Å². The van der Waals surface area contributed by atoms with E-state index in [2.05, 4.69) is 17.2 Å². The number of fused-ring (bicyclic) bond motifs is 4. The number of imide groups is 1. The Morgan fingerprint density at radius 3 is 2.54 bits per heavy atom. The molecule has 8 nitrogen and oxygen atoms in total. The number of hydrogen-bond acceptors (Lipinski definition) is 4. The van der Waals surface area contributed by atoms with E-state index in [1.807, 2.05) is 48.5 Å². The number of unbranched alkanes of at least 4 members (excludes halogenated alkanes) is 1. The summed E-state index contributed by atoms with van der Waals surface area (Å²) in [6.07, 6.45) is 2.18. The smallest absolute Gasteiger partial charge is 0.332 e. The van der Waals surface area contributed by atoms with Crippen molar-refractivity contribution in [2.45, 2.75) is 38.3 Å². The van der Waals surface area contributed by atoms with Crippen LogP contribution >= 0.6 is 0 Å². The van der Waals surface area contributed by atoms with Crippen molar-refractivity contribution in [3.05, 3.63) is 95.2 Å². The number of benzene rings is 3. The summed E-state index contributed by atoms with van der Waals surface area (Å²) in [7, 11) is 1.61. The van der Waals surface area contributed by atoms with Gasteiger partial charge in [-0.15, -0.1) is 0 Å². The number of para-hydroxylation sites is 2. The molecular formula is C31H30N4O4. The minimum atomic E-state index is -0.701. The van der Waals surface area contributed by atoms with Crippen LogP contribution in [0.1, 0.15) is 53.0 Å². The molecule has 1 fully saturated rings. The molecule has 2 unspecified atom stereocenters. The van der Waals surface area contributed by atoms with Gasteiger partial charge in [0.1, 0.15) is 17.8 Å². The zero-order chi connectivity index (χ0) is 27.1. The third-order valence-corrected chi connectivity index (χ3v) is 7.69. The van der Waals surface area contributed by atoms with Crippen molar-refractivity contribution in [2.24, 2.45) is 0 Å². The second-order valence-corrected chi connectivity index (χ2v) is 9.95. The number of H-pyrrole nitrogens is 1. The van der Waals surface area contributed by atoms with Crippen LogP contribution in [0.15, 0.2) is 72.8 Å². The van der Waals surface area contributed by atoms with E-state index in [1.54, 1.807) is 36.3 Å². The molecule has 2 atom stereocenters. The Kier molecular flexibility index (Phi) is 6.30. The number of aromatic nitrogens is 1. The van der Waals surface area contributed by atoms with Gasteiger partial charge in [-0.2, -0.15) is 0 Å². The lowest BCUT2D eigenvalue weighted by Crippen LogP contribution is -2.44. The number of rotatable bonds is 7. The average molecular weight is 523 g/mol. The van der Waals surface area contributed by atoms with Gasteiger partial charge in [-0.25, -0.2) is 9.69 Å². The van der Waals surface area contributed by atoms with Gasteiger partial charge in [0.15, 0.2) is 0 Å². The fraction of sp³-hybridized carbons (Fsp3) is 0.258. The van der Waals surface area contributed by atoms with Crippen molar-refractivity contribution in [3.63, 3.8) is 0 Å². The first-order chi connectivity index (χ1) is 19.0. The summed E-state index contributed by atoms with van der Waals surface area (Å²) in [6.45, 7) is 2.58. The van der Waals surface area contributed by atoms with Gasteiger partial charge in [-0.05, 0) is 47.9 Å². The van der Waals surface area contributed by atoms with Crippen molar-refractivity contribution in [3.8, 4) is 5.75 Å². The Hall–Kier alpha value is -4.59. The van der Waals surface area contributed by atoms with Crippen LogP contribution in [0.4, 0.5) is 10.5 Å². The van der Waals surface area contributed by atoms with E-state index in [0.717, 1.165) is 40.6 Å². The zero-order valence-corrected chi connectivity index (χ0v) is 21.9. The van der Waals surface area contributed by atoms with Crippen molar-refractivity contribution >= 4 is 34.4 Å². The maximum atomic E-state index is 14.2. The summed E-state index contributed by atoms with van der Waals surface area (Å²) >= 11 is 0. The van der Waals surface area contributed by atoms with E-state index in [4.69, 9.17) is 4.74 Å². The lowest BCUT2D eigenvalue weighted by Gasteiger charge is -2.36. The Balaban J connectivity index is 1.45. The highest BCUT2D eigenvalue weighted by Gasteiger charge is 2.53. The third kappa shape index (κ3) is 4.03. The molecule has 0 saturated carbocycles. The number of aromatic amines is 1. The van der Waals surface area contributed by atoms with Crippen molar-refractivity contribution < 1.29 is 19.1 Å². The number of carbonyl (C=O) groups excluding carboxylic acids is 3. The summed E-state index contributed by atoms with van der Waals surface area (Å²) in [6, 6.07) is 20.7. The number of anilines is 1. The fourth-order valence-electron chi connectivity index (χ4n) is 5.76. The standard InChI is InChI=1S/C31H30N4O4/c1-3-4-17-32-29(36)22-10-6-8-12-25(22)35-30(37)26-18-23-21-9-5-7-11-24(21)33-27(23)28(34(26)31(35)38)19-13-15-20(39-2)16-14-19/h5-16,26,28,33H,3-4,17-18H2,1-2H3,(H,32,36). The molecule has 198 valence electrons. The normalized spacial score (nSPS) is 18.3. The van der Waals surface area contributed by atoms with Gasteiger partial charge in [0.2, 0.25) is 0 Å². The van der Waals surface area contributed by atoms with Crippen LogP contribution in [0.25, 0.3) is 10.9 Å². The molecule has 1 aromatic heterocycles. The molecule has 3 aromatic carbocycles. The SMILES string of the molecule is CCCCNC(=O)c1ccccc1N1C(=O)C2Cc3c([nH]c4ccccc34)C(c3ccc(OC)cc3)N2C1=O. The number of hydrogen-bond donors (Lipinski definition) is 2. The van der Waals surface area contributed by atoms with Gasteiger partial charge in [0, 0.05) is 29.6 Å². The monoisotopic (exact) mass is 522 g/mol. The van der Waals surface area contributed by atoms with Gasteiger partial charge in [-0.1, -0.05) is 55.8 Å². The number of ether oxygens (including phenoxy) is 1. The first-order valence-electron chi connectivity index (χ1n) is 13.3. The van der Waals surface area contributed by atoms with Crippen LogP contribution in [0, 0.1) is 0 Å². The topological polar surface area (TPSA) is 94.7 Å². The first kappa shape index (κ1) is 24.7. The Morgan fingerprint density at radius 1 is 1.03 bits per heavy atom. The van der Waals surface area contributed by atoms with Crippen molar-refractivity contribution in [1.29, 1.82) is 0 Å². The van der Waals surface area contributed by atoms with Gasteiger partial charge in [0.05, 0.1) is 18.4 Å². The Bertz CT molecular complexity index is 1580. The molecule has 3 heterocycles. The van der Waals surface area contributed by atoms with E-state index in [-0.39, 0.29) is 11.8 Å². The number of amides is 4. The molecule has 4 aromatic rings. The maximum Gasteiger partial charge on any atom is 0.332 e. The fourth-order valence-corrected chi connectivity index (χ4v) is 5.76. The minimum absolute atomic E-state index is 0.299. The lowest BCUT2D eigenvalue weighted by atomic mass is 9.89. The molecule has 2 aliphatic rings. The molecular weight excluding hydrogens is 492 g/mol. The average Bonchev–Trinajstić information content (AvgIpc) is 3.46. The zero-order valence-electron chi connectivity index (χ0n) is 21.9. The van der Waals surface area contributed by atoms with Gasteiger partial charge < -0.3 is 15.0 Å². The number of urea groups is 1. The molecule has 2 N–H and O–H groups in total. The highest BCUT2D eigenvalue weighted by atomic mass is 16.5. The molecule has 1 saturated heterocycles. The Morgan fingerprint density at radius 2 is 1.77 bits per heavy atom. The molecule has 6 rings (SSSR count). The summed E-state index contributed by atoms with van der Waals surface area (Å²) in [4.78, 5) is 47.7. The molecule has 0 radical (unpaired) electrons. The van der Waals surface area contributed by atoms with Crippen LogP contribution in [0.2, 0.25) is 0 Å². The van der Waals surface area contributed by atoms with Crippen LogP contribution in [-0.2, 0) is 11.2 Å². The maximum absolute atomic E-state index is 14.2. The van der Waals surface area contributed by atoms with Gasteiger partial charge >= 0.3 is 6.03 Å². The number of methoxy groups -OCH3 is 1. The Labute approximate surface area is 226 Å². The minimum Gasteiger partial charge on any atom is -0.497 e. The summed E-state index contributed by atoms with van der Waals surface area (Å²) in [5.41, 5.74) is 4.36. The predicted octanol–water partition coefficient (Wildman–Crippen LogP) is 5.19. The second kappa shape index (κ2) is 9.94. The lowest BCUT2D eigenvalue weighted by molar-refractivity contribution is -0.120. The molecule has 8 heteroatoms. The highest BCUT2D eigenvalue weighted by Crippen LogP contribution is 2.45. The quantitative estimate of drug-likeness (QED) is 0.258. The molecule has 2 aliphatic heterocycles. The molecule has 0 aliphatic carbocycles. The predicted molar refractivity (Wildman–Crippen MR) is 149 cm³/mol. The molecule has 0 bridgehead atoms. The third-order valence-electron chi connectivity index (χ3n) is 7.69. The molecule has 4 amide bonds. The van der Waals surface area contributed by atoms with Crippen LogP contribution in [0.5, 0.6) is 5.75 Å². The summed E-state index contributed by atoms with van der Waals surface area (Å²) in [5.74, 6) is 0.0761. The highest BCUT2D eigenvalue weighted by molar-refractivity contribution is 6.24. The van der Waals surface area contributed by atoms with E-state index in [1.165, 1.54) is 4.90 Å². The van der Waals surface area contributed by atoms with E-state index >= 15 is 0 Å². The second-order valence-electron chi connectivity index (χ2n) is 9.95. The summed E-state index contributed by atoms with van der Waals surface area (Å²) in [5, 5.41) is 3.95. The van der Waals surface area contributed by atoms with E-state index in [9.17, 15) is 14.4 Å². The van der Waals surface area contributed by atoms with Crippen LogP contribution in [0.3, 0.4) is 0 Å². The molecule has 0 spiro atoms. The number of nitrogens with zero attached hydrogens (tertiary/aromatic N) is 2. The number of nitrogens with one attached hydrogen (secondary N) is 2. The van der Waals surface area contributed by atoms with Gasteiger partial charge in [-0.3, -0.25) is 14.5 Å². The largest absolute Gasteiger partial charge is 0.497 e. The van der Waals surface area contributed by atoms with E-state index < -0.39 is 18.1 Å². The van der Waals surface area contributed by atoms with Crippen molar-refractivity contribution in [1.82, 2.24) is 15.2 Å². The first-order valence-corrected chi connectivity index (χ1v) is 13.3. The number of carbonyl (C=O) groups is 3. The molecule has 39 heavy (non-hydrogen) atoms. The van der Waals surface area contributed by atoms with Gasteiger partial charge in [0.25, 0.3) is 11.8 Å². The van der Waals surface area contributed by atoms with Crippen LogP contribution < -0.4 is 15.0 Å².